The molecular weight excluding hydrogens is 308 g/mol. The summed E-state index contributed by atoms with van der Waals surface area (Å²) < 4.78 is 1.25. The Morgan fingerprint density at radius 3 is 2.25 bits per heavy atom. The van der Waals surface area contributed by atoms with Crippen LogP contribution in [-0.4, -0.2) is 0 Å². The standard InChI is InChI=1S/C19H19Br/c1-11-8-12(2)18(13(3)9-11)17-10-15-6-5-7-16(15)19(20)14(17)4/h5,7-10H,6H2,1-4H3. The molecule has 0 atom stereocenters. The van der Waals surface area contributed by atoms with Crippen LogP contribution in [0.3, 0.4) is 0 Å². The summed E-state index contributed by atoms with van der Waals surface area (Å²) in [4.78, 5) is 0. The highest BCUT2D eigenvalue weighted by Gasteiger charge is 2.17. The zero-order valence-electron chi connectivity index (χ0n) is 12.5. The summed E-state index contributed by atoms with van der Waals surface area (Å²) in [5, 5.41) is 0. The maximum atomic E-state index is 3.79. The third-order valence-electron chi connectivity index (χ3n) is 4.20. The Labute approximate surface area is 129 Å². The molecule has 0 heterocycles. The Morgan fingerprint density at radius 2 is 1.60 bits per heavy atom. The summed E-state index contributed by atoms with van der Waals surface area (Å²) >= 11 is 3.79. The van der Waals surface area contributed by atoms with Crippen LogP contribution in [0.2, 0.25) is 0 Å². The van der Waals surface area contributed by atoms with Gasteiger partial charge in [0.15, 0.2) is 0 Å². The second-order valence-corrected chi connectivity index (χ2v) is 6.61. The first-order valence-corrected chi connectivity index (χ1v) is 7.85. The molecule has 0 spiro atoms. The molecule has 0 N–H and O–H groups in total. The number of hydrogen-bond acceptors (Lipinski definition) is 0. The molecule has 0 saturated carbocycles. The fourth-order valence-electron chi connectivity index (χ4n) is 3.34. The zero-order valence-corrected chi connectivity index (χ0v) is 14.1. The Balaban J connectivity index is 2.30. The van der Waals surface area contributed by atoms with Crippen LogP contribution < -0.4 is 0 Å². The van der Waals surface area contributed by atoms with Crippen LogP contribution in [0.1, 0.15) is 33.4 Å². The highest BCUT2D eigenvalue weighted by atomic mass is 79.9. The van der Waals surface area contributed by atoms with Gasteiger partial charge in [0.2, 0.25) is 0 Å². The largest absolute Gasteiger partial charge is 0.0795 e. The van der Waals surface area contributed by atoms with Gasteiger partial charge in [-0.15, -0.1) is 0 Å². The van der Waals surface area contributed by atoms with Crippen molar-refractivity contribution < 1.29 is 0 Å². The molecule has 2 aromatic carbocycles. The van der Waals surface area contributed by atoms with E-state index in [1.54, 1.807) is 0 Å². The molecule has 1 aliphatic rings. The second-order valence-electron chi connectivity index (χ2n) is 5.82. The van der Waals surface area contributed by atoms with Gasteiger partial charge in [-0.05, 0) is 95.1 Å². The van der Waals surface area contributed by atoms with Crippen LogP contribution in [0.25, 0.3) is 17.2 Å². The maximum absolute atomic E-state index is 3.79. The third kappa shape index (κ3) is 2.05. The fraction of sp³-hybridized carbons (Fsp3) is 0.263. The lowest BCUT2D eigenvalue weighted by Gasteiger charge is -2.17. The van der Waals surface area contributed by atoms with E-state index in [1.165, 1.54) is 49.0 Å². The predicted molar refractivity (Wildman–Crippen MR) is 91.3 cm³/mol. The van der Waals surface area contributed by atoms with Crippen molar-refractivity contribution in [1.29, 1.82) is 0 Å². The Bertz CT molecular complexity index is 713. The molecule has 2 aromatic rings. The summed E-state index contributed by atoms with van der Waals surface area (Å²) in [5.41, 5.74) is 10.9. The van der Waals surface area contributed by atoms with Crippen molar-refractivity contribution in [3.8, 4) is 11.1 Å². The van der Waals surface area contributed by atoms with Gasteiger partial charge in [0.05, 0.1) is 0 Å². The molecule has 0 aromatic heterocycles. The van der Waals surface area contributed by atoms with Gasteiger partial charge in [-0.1, -0.05) is 29.8 Å². The molecule has 0 amide bonds. The van der Waals surface area contributed by atoms with E-state index in [0.717, 1.165) is 6.42 Å². The average Bonchev–Trinajstić information content (AvgIpc) is 2.82. The first-order chi connectivity index (χ1) is 9.49. The summed E-state index contributed by atoms with van der Waals surface area (Å²) in [7, 11) is 0. The number of allylic oxidation sites excluding steroid dienone is 1. The molecule has 0 fully saturated rings. The van der Waals surface area contributed by atoms with E-state index in [9.17, 15) is 0 Å². The summed E-state index contributed by atoms with van der Waals surface area (Å²) in [5.74, 6) is 0. The van der Waals surface area contributed by atoms with Crippen LogP contribution in [0.15, 0.2) is 28.7 Å². The van der Waals surface area contributed by atoms with Crippen molar-refractivity contribution in [2.24, 2.45) is 0 Å². The van der Waals surface area contributed by atoms with E-state index in [-0.39, 0.29) is 0 Å². The number of fused-ring (bicyclic) bond motifs is 1. The van der Waals surface area contributed by atoms with Crippen LogP contribution >= 0.6 is 15.9 Å². The highest BCUT2D eigenvalue weighted by Crippen LogP contribution is 2.39. The van der Waals surface area contributed by atoms with Crippen molar-refractivity contribution in [1.82, 2.24) is 0 Å². The molecule has 0 nitrogen and oxygen atoms in total. The van der Waals surface area contributed by atoms with E-state index in [2.05, 4.69) is 74.0 Å². The van der Waals surface area contributed by atoms with Gasteiger partial charge < -0.3 is 0 Å². The van der Waals surface area contributed by atoms with Crippen molar-refractivity contribution in [3.05, 3.63) is 62.1 Å². The fourth-order valence-corrected chi connectivity index (χ4v) is 3.94. The molecule has 3 rings (SSSR count). The van der Waals surface area contributed by atoms with Gasteiger partial charge in [0, 0.05) is 4.47 Å². The lowest BCUT2D eigenvalue weighted by molar-refractivity contribution is 1.26. The predicted octanol–water partition coefficient (Wildman–Crippen LogP) is 5.92. The Kier molecular flexibility index (Phi) is 3.33. The number of halogens is 1. The molecule has 102 valence electrons. The number of rotatable bonds is 1. The van der Waals surface area contributed by atoms with Crippen molar-refractivity contribution in [2.75, 3.05) is 0 Å². The number of aryl methyl sites for hydroxylation is 3. The van der Waals surface area contributed by atoms with Crippen LogP contribution in [0.4, 0.5) is 0 Å². The topological polar surface area (TPSA) is 0 Å². The van der Waals surface area contributed by atoms with Crippen molar-refractivity contribution >= 4 is 22.0 Å². The van der Waals surface area contributed by atoms with Gasteiger partial charge in [-0.2, -0.15) is 0 Å². The molecule has 1 aliphatic carbocycles. The number of benzene rings is 2. The quantitative estimate of drug-likeness (QED) is 0.610. The first kappa shape index (κ1) is 13.6. The highest BCUT2D eigenvalue weighted by molar-refractivity contribution is 9.10. The van der Waals surface area contributed by atoms with Crippen molar-refractivity contribution in [3.63, 3.8) is 0 Å². The third-order valence-corrected chi connectivity index (χ3v) is 5.22. The minimum absolute atomic E-state index is 1.05. The monoisotopic (exact) mass is 326 g/mol. The summed E-state index contributed by atoms with van der Waals surface area (Å²) in [6.07, 6.45) is 5.52. The zero-order chi connectivity index (χ0) is 14.4. The normalized spacial score (nSPS) is 12.8. The molecule has 0 radical (unpaired) electrons. The Morgan fingerprint density at radius 1 is 0.950 bits per heavy atom. The van der Waals surface area contributed by atoms with E-state index >= 15 is 0 Å². The van der Waals surface area contributed by atoms with E-state index in [4.69, 9.17) is 0 Å². The SMILES string of the molecule is Cc1cc(C)c(-c2cc3c(c(Br)c2C)C=CC3)c(C)c1. The maximum Gasteiger partial charge on any atom is 0.0285 e. The molecular formula is C19H19Br. The Hall–Kier alpha value is -1.34. The van der Waals surface area contributed by atoms with E-state index < -0.39 is 0 Å². The lowest BCUT2D eigenvalue weighted by Crippen LogP contribution is -1.96. The average molecular weight is 327 g/mol. The van der Waals surface area contributed by atoms with Crippen LogP contribution in [0, 0.1) is 27.7 Å². The molecule has 0 bridgehead atoms. The van der Waals surface area contributed by atoms with Gasteiger partial charge in [0.1, 0.15) is 0 Å². The van der Waals surface area contributed by atoms with Gasteiger partial charge >= 0.3 is 0 Å². The van der Waals surface area contributed by atoms with E-state index in [0.29, 0.717) is 0 Å². The first-order valence-electron chi connectivity index (χ1n) is 7.05. The molecule has 0 aliphatic heterocycles. The smallest absolute Gasteiger partial charge is 0.0285 e. The number of hydrogen-bond donors (Lipinski definition) is 0. The van der Waals surface area contributed by atoms with Gasteiger partial charge in [-0.25, -0.2) is 0 Å². The molecule has 20 heavy (non-hydrogen) atoms. The lowest BCUT2D eigenvalue weighted by atomic mass is 9.89. The molecule has 0 unspecified atom stereocenters. The van der Waals surface area contributed by atoms with Gasteiger partial charge in [-0.3, -0.25) is 0 Å². The van der Waals surface area contributed by atoms with Crippen LogP contribution in [0.5, 0.6) is 0 Å². The summed E-state index contributed by atoms with van der Waals surface area (Å²) in [6, 6.07) is 6.93. The van der Waals surface area contributed by atoms with Crippen LogP contribution in [-0.2, 0) is 6.42 Å². The minimum atomic E-state index is 1.05. The molecule has 1 heteroatoms. The molecule has 0 saturated heterocycles. The van der Waals surface area contributed by atoms with Crippen molar-refractivity contribution in [2.45, 2.75) is 34.1 Å². The van der Waals surface area contributed by atoms with Gasteiger partial charge in [0.25, 0.3) is 0 Å². The second kappa shape index (κ2) is 4.89. The minimum Gasteiger partial charge on any atom is -0.0795 e. The summed E-state index contributed by atoms with van der Waals surface area (Å²) in [6.45, 7) is 8.81. The van der Waals surface area contributed by atoms with E-state index in [1.807, 2.05) is 0 Å².